The standard InChI is InChI=1S/C9H12/c1-8(2)7-4-5-9(8,3)6-7/h4-6H,1-3H3. The van der Waals surface area contributed by atoms with E-state index >= 15 is 0 Å². The Kier molecular flexibility index (Phi) is 0.603. The van der Waals surface area contributed by atoms with Crippen LogP contribution >= 0.6 is 0 Å². The average Bonchev–Trinajstić information content (AvgIpc) is 2.21. The number of hydrogen-bond donors (Lipinski definition) is 0. The van der Waals surface area contributed by atoms with Crippen molar-refractivity contribution >= 4 is 0 Å². The molecule has 0 amide bonds. The average molecular weight is 120 g/mol. The second-order valence-corrected chi connectivity index (χ2v) is 3.84. The van der Waals surface area contributed by atoms with Gasteiger partial charge in [0.2, 0.25) is 0 Å². The van der Waals surface area contributed by atoms with E-state index in [0.717, 1.165) is 0 Å². The largest absolute Gasteiger partial charge is 0.0736 e. The van der Waals surface area contributed by atoms with Crippen LogP contribution in [0.1, 0.15) is 20.8 Å². The van der Waals surface area contributed by atoms with Crippen LogP contribution in [0.4, 0.5) is 0 Å². The lowest BCUT2D eigenvalue weighted by molar-refractivity contribution is 0.227. The maximum Gasteiger partial charge on any atom is 0.0133 e. The van der Waals surface area contributed by atoms with E-state index in [2.05, 4.69) is 39.0 Å². The zero-order valence-corrected chi connectivity index (χ0v) is 6.23. The first-order valence-corrected chi connectivity index (χ1v) is 3.49. The molecule has 0 saturated heterocycles. The summed E-state index contributed by atoms with van der Waals surface area (Å²) < 4.78 is 0. The van der Waals surface area contributed by atoms with Crippen LogP contribution in [0.5, 0.6) is 0 Å². The lowest BCUT2D eigenvalue weighted by Gasteiger charge is -2.45. The van der Waals surface area contributed by atoms with Crippen LogP contribution in [-0.2, 0) is 0 Å². The zero-order chi connectivity index (χ0) is 6.70. The molecule has 0 radical (unpaired) electrons. The van der Waals surface area contributed by atoms with E-state index in [-0.39, 0.29) is 0 Å². The topological polar surface area (TPSA) is 0 Å². The summed E-state index contributed by atoms with van der Waals surface area (Å²) in [6.07, 6.45) is 6.91. The number of hydrogen-bond acceptors (Lipinski definition) is 0. The SMILES string of the molecule is CC12C=CC(=C1)C2(C)C. The maximum atomic E-state index is 2.35. The van der Waals surface area contributed by atoms with Gasteiger partial charge in [0.25, 0.3) is 0 Å². The third-order valence-electron chi connectivity index (χ3n) is 3.13. The van der Waals surface area contributed by atoms with Crippen LogP contribution < -0.4 is 0 Å². The highest BCUT2D eigenvalue weighted by atomic mass is 14.5. The Morgan fingerprint density at radius 3 is 2.00 bits per heavy atom. The van der Waals surface area contributed by atoms with Crippen molar-refractivity contribution in [1.29, 1.82) is 0 Å². The first kappa shape index (κ1) is 5.28. The van der Waals surface area contributed by atoms with Crippen LogP contribution in [0, 0.1) is 10.8 Å². The van der Waals surface area contributed by atoms with Crippen molar-refractivity contribution in [2.45, 2.75) is 20.8 Å². The van der Waals surface area contributed by atoms with Crippen LogP contribution in [0.2, 0.25) is 0 Å². The minimum absolute atomic E-state index is 0.391. The molecule has 0 aromatic heterocycles. The highest BCUT2D eigenvalue weighted by Crippen LogP contribution is 2.60. The first-order chi connectivity index (χ1) is 4.06. The van der Waals surface area contributed by atoms with E-state index in [4.69, 9.17) is 0 Å². The van der Waals surface area contributed by atoms with Crippen molar-refractivity contribution in [3.05, 3.63) is 23.8 Å². The van der Waals surface area contributed by atoms with Gasteiger partial charge in [0.15, 0.2) is 0 Å². The van der Waals surface area contributed by atoms with E-state index in [0.29, 0.717) is 10.8 Å². The molecule has 0 heterocycles. The molecule has 0 aromatic rings. The van der Waals surface area contributed by atoms with Crippen LogP contribution in [0.25, 0.3) is 0 Å². The van der Waals surface area contributed by atoms with Gasteiger partial charge in [0, 0.05) is 10.8 Å². The first-order valence-electron chi connectivity index (χ1n) is 3.49. The molecule has 3 aliphatic rings. The lowest BCUT2D eigenvalue weighted by Crippen LogP contribution is -2.37. The molecule has 0 heteroatoms. The third-order valence-corrected chi connectivity index (χ3v) is 3.13. The summed E-state index contributed by atoms with van der Waals surface area (Å²) in [5.74, 6) is 0. The Hall–Kier alpha value is -0.520. The molecule has 0 spiro atoms. The molecule has 0 aliphatic heterocycles. The van der Waals surface area contributed by atoms with E-state index in [1.807, 2.05) is 0 Å². The van der Waals surface area contributed by atoms with Gasteiger partial charge < -0.3 is 0 Å². The fourth-order valence-electron chi connectivity index (χ4n) is 1.69. The van der Waals surface area contributed by atoms with Gasteiger partial charge in [-0.1, -0.05) is 39.0 Å². The smallest absolute Gasteiger partial charge is 0.0133 e. The van der Waals surface area contributed by atoms with Crippen molar-refractivity contribution in [1.82, 2.24) is 0 Å². The molecule has 48 valence electrons. The summed E-state index contributed by atoms with van der Waals surface area (Å²) in [5.41, 5.74) is 2.35. The molecular formula is C9H12. The minimum Gasteiger partial charge on any atom is -0.0736 e. The van der Waals surface area contributed by atoms with Gasteiger partial charge in [0.1, 0.15) is 0 Å². The highest BCUT2D eigenvalue weighted by molar-refractivity contribution is 5.51. The summed E-state index contributed by atoms with van der Waals surface area (Å²) in [7, 11) is 0. The summed E-state index contributed by atoms with van der Waals surface area (Å²) in [6, 6.07) is 0. The van der Waals surface area contributed by atoms with Gasteiger partial charge in [0.05, 0.1) is 0 Å². The molecule has 0 saturated carbocycles. The van der Waals surface area contributed by atoms with Gasteiger partial charge in [-0.25, -0.2) is 0 Å². The van der Waals surface area contributed by atoms with Gasteiger partial charge >= 0.3 is 0 Å². The molecule has 3 aliphatic carbocycles. The molecular weight excluding hydrogens is 108 g/mol. The second-order valence-electron chi connectivity index (χ2n) is 3.84. The van der Waals surface area contributed by atoms with Crippen LogP contribution in [0.15, 0.2) is 23.8 Å². The summed E-state index contributed by atoms with van der Waals surface area (Å²) in [4.78, 5) is 0. The van der Waals surface area contributed by atoms with Gasteiger partial charge in [-0.2, -0.15) is 0 Å². The van der Waals surface area contributed by atoms with E-state index in [1.54, 1.807) is 0 Å². The van der Waals surface area contributed by atoms with E-state index in [1.165, 1.54) is 5.57 Å². The summed E-state index contributed by atoms with van der Waals surface area (Å²) in [5, 5.41) is 0. The predicted octanol–water partition coefficient (Wildman–Crippen LogP) is 2.53. The number of allylic oxidation sites excluding steroid dienone is 4. The Bertz CT molecular complexity index is 218. The minimum atomic E-state index is 0.391. The van der Waals surface area contributed by atoms with E-state index in [9.17, 15) is 0 Å². The van der Waals surface area contributed by atoms with Crippen LogP contribution in [0.3, 0.4) is 0 Å². The molecule has 3 rings (SSSR count). The normalized spacial score (nSPS) is 42.3. The lowest BCUT2D eigenvalue weighted by atomic mass is 9.58. The zero-order valence-electron chi connectivity index (χ0n) is 6.23. The molecule has 2 bridgehead atoms. The Balaban J connectivity index is 2.54. The molecule has 0 nitrogen and oxygen atoms in total. The monoisotopic (exact) mass is 120 g/mol. The van der Waals surface area contributed by atoms with Crippen molar-refractivity contribution < 1.29 is 0 Å². The fraction of sp³-hybridized carbons (Fsp3) is 0.556. The summed E-state index contributed by atoms with van der Waals surface area (Å²) in [6.45, 7) is 6.91. The predicted molar refractivity (Wildman–Crippen MR) is 39.1 cm³/mol. The highest BCUT2D eigenvalue weighted by Gasteiger charge is 2.51. The molecule has 1 atom stereocenters. The van der Waals surface area contributed by atoms with Crippen LogP contribution in [-0.4, -0.2) is 0 Å². The Morgan fingerprint density at radius 1 is 1.22 bits per heavy atom. The van der Waals surface area contributed by atoms with Crippen molar-refractivity contribution in [3.63, 3.8) is 0 Å². The maximum absolute atomic E-state index is 2.35. The van der Waals surface area contributed by atoms with Crippen molar-refractivity contribution in [3.8, 4) is 0 Å². The number of rotatable bonds is 0. The van der Waals surface area contributed by atoms with Gasteiger partial charge in [-0.15, -0.1) is 0 Å². The fourth-order valence-corrected chi connectivity index (χ4v) is 1.69. The Labute approximate surface area is 56.3 Å². The van der Waals surface area contributed by atoms with Gasteiger partial charge in [-0.3, -0.25) is 0 Å². The van der Waals surface area contributed by atoms with Crippen molar-refractivity contribution in [2.75, 3.05) is 0 Å². The third kappa shape index (κ3) is 0.346. The molecule has 1 unspecified atom stereocenters. The van der Waals surface area contributed by atoms with Crippen molar-refractivity contribution in [2.24, 2.45) is 10.8 Å². The molecule has 9 heavy (non-hydrogen) atoms. The molecule has 0 aromatic carbocycles. The molecule has 0 fully saturated rings. The summed E-state index contributed by atoms with van der Waals surface area (Å²) >= 11 is 0. The quantitative estimate of drug-likeness (QED) is 0.461. The van der Waals surface area contributed by atoms with Gasteiger partial charge in [-0.05, 0) is 5.57 Å². The Morgan fingerprint density at radius 2 is 1.89 bits per heavy atom. The van der Waals surface area contributed by atoms with E-state index < -0.39 is 0 Å². The molecule has 0 N–H and O–H groups in total. The second kappa shape index (κ2) is 1.03.